The number of rotatable bonds is 1. The standard InChI is InChI=1S/C14H13F3N2O3S2/c1-8(20)18-13-19(11-6-24(21,22)7-12(11)23-13)10-4-2-3-9(5-10)14(15,16)17/h2-5,11-12H,6-7H2,1H3/t11-,12-/m1/s1. The van der Waals surface area contributed by atoms with Crippen LogP contribution in [0.15, 0.2) is 29.3 Å². The van der Waals surface area contributed by atoms with E-state index in [1.165, 1.54) is 24.0 Å². The highest BCUT2D eigenvalue weighted by atomic mass is 32.2. The quantitative estimate of drug-likeness (QED) is 0.750. The van der Waals surface area contributed by atoms with Gasteiger partial charge in [-0.3, -0.25) is 4.79 Å². The molecular formula is C14H13F3N2O3S2. The summed E-state index contributed by atoms with van der Waals surface area (Å²) >= 11 is 1.12. The molecule has 10 heteroatoms. The molecule has 0 N–H and O–H groups in total. The SMILES string of the molecule is CC(=O)N=C1S[C@@H]2CS(=O)(=O)C[C@H]2N1c1cccc(C(F)(F)F)c1. The van der Waals surface area contributed by atoms with E-state index in [0.717, 1.165) is 23.9 Å². The fourth-order valence-corrected chi connectivity index (χ4v) is 6.79. The van der Waals surface area contributed by atoms with Crippen LogP contribution in [0.1, 0.15) is 12.5 Å². The van der Waals surface area contributed by atoms with Crippen LogP contribution in [-0.4, -0.2) is 42.3 Å². The van der Waals surface area contributed by atoms with Crippen molar-refractivity contribution >= 4 is 38.4 Å². The first-order valence-electron chi connectivity index (χ1n) is 7.00. The minimum atomic E-state index is -4.51. The molecule has 1 aromatic rings. The maximum Gasteiger partial charge on any atom is 0.416 e. The second-order valence-corrected chi connectivity index (χ2v) is 8.99. The molecular weight excluding hydrogens is 365 g/mol. The van der Waals surface area contributed by atoms with Crippen molar-refractivity contribution in [1.29, 1.82) is 0 Å². The highest BCUT2D eigenvalue weighted by Crippen LogP contribution is 2.42. The monoisotopic (exact) mass is 378 g/mol. The second kappa shape index (κ2) is 5.76. The Hall–Kier alpha value is -1.55. The van der Waals surface area contributed by atoms with Gasteiger partial charge in [0.2, 0.25) is 5.91 Å². The topological polar surface area (TPSA) is 66.8 Å². The molecule has 0 bridgehead atoms. The van der Waals surface area contributed by atoms with Gasteiger partial charge in [-0.2, -0.15) is 18.2 Å². The van der Waals surface area contributed by atoms with E-state index in [1.54, 1.807) is 0 Å². The number of alkyl halides is 3. The molecule has 3 rings (SSSR count). The van der Waals surface area contributed by atoms with Crippen molar-refractivity contribution in [1.82, 2.24) is 0 Å². The van der Waals surface area contributed by atoms with Gasteiger partial charge >= 0.3 is 6.18 Å². The van der Waals surface area contributed by atoms with E-state index in [9.17, 15) is 26.4 Å². The van der Waals surface area contributed by atoms with E-state index in [2.05, 4.69) is 4.99 Å². The van der Waals surface area contributed by atoms with E-state index < -0.39 is 33.5 Å². The maximum absolute atomic E-state index is 12.9. The molecule has 1 amide bonds. The summed E-state index contributed by atoms with van der Waals surface area (Å²) in [5.74, 6) is -0.732. The average Bonchev–Trinajstić information content (AvgIpc) is 2.88. The van der Waals surface area contributed by atoms with Crippen LogP contribution in [0, 0.1) is 0 Å². The fraction of sp³-hybridized carbons (Fsp3) is 0.429. The Morgan fingerprint density at radius 3 is 2.67 bits per heavy atom. The number of hydrogen-bond acceptors (Lipinski definition) is 4. The number of carbonyl (C=O) groups excluding carboxylic acids is 1. The van der Waals surface area contributed by atoms with Gasteiger partial charge in [0.05, 0.1) is 23.1 Å². The lowest BCUT2D eigenvalue weighted by atomic mass is 10.1. The molecule has 2 heterocycles. The zero-order valence-corrected chi connectivity index (χ0v) is 14.1. The van der Waals surface area contributed by atoms with Gasteiger partial charge in [-0.25, -0.2) is 8.42 Å². The number of anilines is 1. The smallest absolute Gasteiger partial charge is 0.316 e. The highest BCUT2D eigenvalue weighted by Gasteiger charge is 2.49. The predicted octanol–water partition coefficient (Wildman–Crippen LogP) is 2.33. The number of amides is 1. The van der Waals surface area contributed by atoms with Crippen LogP contribution in [0.3, 0.4) is 0 Å². The summed E-state index contributed by atoms with van der Waals surface area (Å²) in [7, 11) is -3.26. The maximum atomic E-state index is 12.9. The molecule has 2 fully saturated rings. The van der Waals surface area contributed by atoms with Crippen molar-refractivity contribution < 1.29 is 26.4 Å². The first kappa shape index (κ1) is 17.3. The molecule has 2 saturated heterocycles. The summed E-state index contributed by atoms with van der Waals surface area (Å²) in [5, 5.41) is -0.102. The van der Waals surface area contributed by atoms with Gasteiger partial charge in [0.15, 0.2) is 15.0 Å². The average molecular weight is 378 g/mol. The molecule has 0 radical (unpaired) electrons. The zero-order chi connectivity index (χ0) is 17.7. The third-order valence-electron chi connectivity index (χ3n) is 3.77. The molecule has 0 aliphatic carbocycles. The Morgan fingerprint density at radius 1 is 1.33 bits per heavy atom. The van der Waals surface area contributed by atoms with E-state index >= 15 is 0 Å². The van der Waals surface area contributed by atoms with E-state index in [1.807, 2.05) is 0 Å². The van der Waals surface area contributed by atoms with E-state index in [0.29, 0.717) is 0 Å². The first-order chi connectivity index (χ1) is 11.1. The number of nitrogens with zero attached hydrogens (tertiary/aromatic N) is 2. The Kier molecular flexibility index (Phi) is 4.15. The Morgan fingerprint density at radius 2 is 2.04 bits per heavy atom. The van der Waals surface area contributed by atoms with Gasteiger partial charge in [-0.15, -0.1) is 0 Å². The predicted molar refractivity (Wildman–Crippen MR) is 85.9 cm³/mol. The van der Waals surface area contributed by atoms with Crippen molar-refractivity contribution in [3.63, 3.8) is 0 Å². The van der Waals surface area contributed by atoms with Crippen LogP contribution in [0.25, 0.3) is 0 Å². The molecule has 2 atom stereocenters. The number of carbonyl (C=O) groups is 1. The normalized spacial score (nSPS) is 27.5. The second-order valence-electron chi connectivity index (χ2n) is 5.63. The third-order valence-corrected chi connectivity index (χ3v) is 6.98. The number of benzene rings is 1. The van der Waals surface area contributed by atoms with Gasteiger partial charge in [-0.05, 0) is 18.2 Å². The van der Waals surface area contributed by atoms with Gasteiger partial charge in [0.1, 0.15) is 0 Å². The molecule has 0 aromatic heterocycles. The molecule has 0 spiro atoms. The first-order valence-corrected chi connectivity index (χ1v) is 9.70. The third kappa shape index (κ3) is 3.30. The summed E-state index contributed by atoms with van der Waals surface area (Å²) in [4.78, 5) is 16.6. The Bertz CT molecular complexity index is 821. The summed E-state index contributed by atoms with van der Waals surface area (Å²) in [5.41, 5.74) is -0.654. The number of amidine groups is 1. The van der Waals surface area contributed by atoms with Gasteiger partial charge < -0.3 is 4.90 Å². The van der Waals surface area contributed by atoms with E-state index in [-0.39, 0.29) is 27.6 Å². The molecule has 2 aliphatic heterocycles. The van der Waals surface area contributed by atoms with Crippen molar-refractivity contribution in [3.8, 4) is 0 Å². The van der Waals surface area contributed by atoms with Crippen LogP contribution >= 0.6 is 11.8 Å². The summed E-state index contributed by atoms with van der Waals surface area (Å²) < 4.78 is 62.5. The molecule has 1 aromatic carbocycles. The zero-order valence-electron chi connectivity index (χ0n) is 12.4. The largest absolute Gasteiger partial charge is 0.416 e. The molecule has 130 valence electrons. The molecule has 2 aliphatic rings. The number of hydrogen-bond donors (Lipinski definition) is 0. The summed E-state index contributed by atoms with van der Waals surface area (Å²) in [6.07, 6.45) is -4.51. The van der Waals surface area contributed by atoms with Crippen LogP contribution in [-0.2, 0) is 20.8 Å². The van der Waals surface area contributed by atoms with Crippen LogP contribution in [0.4, 0.5) is 18.9 Å². The van der Waals surface area contributed by atoms with Crippen molar-refractivity contribution in [3.05, 3.63) is 29.8 Å². The van der Waals surface area contributed by atoms with Crippen LogP contribution in [0.5, 0.6) is 0 Å². The van der Waals surface area contributed by atoms with Crippen LogP contribution < -0.4 is 4.90 Å². The van der Waals surface area contributed by atoms with Crippen LogP contribution in [0.2, 0.25) is 0 Å². The number of aliphatic imine (C=N–C) groups is 1. The van der Waals surface area contributed by atoms with Crippen molar-refractivity contribution in [2.45, 2.75) is 24.4 Å². The number of sulfone groups is 1. The van der Waals surface area contributed by atoms with Gasteiger partial charge in [-0.1, -0.05) is 17.8 Å². The molecule has 0 saturated carbocycles. The van der Waals surface area contributed by atoms with Gasteiger partial charge in [0, 0.05) is 17.9 Å². The minimum Gasteiger partial charge on any atom is -0.316 e. The molecule has 5 nitrogen and oxygen atoms in total. The Labute approximate surface area is 140 Å². The van der Waals surface area contributed by atoms with Gasteiger partial charge in [0.25, 0.3) is 0 Å². The fourth-order valence-electron chi connectivity index (χ4n) is 2.83. The lowest BCUT2D eigenvalue weighted by molar-refractivity contribution is -0.137. The van der Waals surface area contributed by atoms with Crippen molar-refractivity contribution in [2.75, 3.05) is 16.4 Å². The Balaban J connectivity index is 2.06. The lowest BCUT2D eigenvalue weighted by Gasteiger charge is -2.25. The highest BCUT2D eigenvalue weighted by molar-refractivity contribution is 8.16. The molecule has 24 heavy (non-hydrogen) atoms. The summed E-state index contributed by atoms with van der Waals surface area (Å²) in [6.45, 7) is 1.24. The lowest BCUT2D eigenvalue weighted by Crippen LogP contribution is -2.37. The number of halogens is 3. The number of thioether (sulfide) groups is 1. The minimum absolute atomic E-state index is 0.0747. The molecule has 0 unspecified atom stereocenters. The summed E-state index contributed by atoms with van der Waals surface area (Å²) in [6, 6.07) is 4.08. The van der Waals surface area contributed by atoms with Crippen molar-refractivity contribution in [2.24, 2.45) is 4.99 Å². The number of fused-ring (bicyclic) bond motifs is 1. The van der Waals surface area contributed by atoms with E-state index in [4.69, 9.17) is 0 Å².